The number of ether oxygens (including phenoxy) is 3. The number of piperidine rings is 1. The van der Waals surface area contributed by atoms with Crippen LogP contribution in [0.1, 0.15) is 33.6 Å². The van der Waals surface area contributed by atoms with Crippen molar-refractivity contribution in [2.24, 2.45) is 0 Å². The second kappa shape index (κ2) is 8.45. The van der Waals surface area contributed by atoms with Gasteiger partial charge in [0.15, 0.2) is 6.29 Å². The van der Waals surface area contributed by atoms with Gasteiger partial charge in [0.05, 0.1) is 12.7 Å². The molecular weight excluding hydrogens is 234 g/mol. The van der Waals surface area contributed by atoms with Crippen molar-refractivity contribution in [3.8, 4) is 0 Å². The van der Waals surface area contributed by atoms with Crippen LogP contribution in [0.15, 0.2) is 0 Å². The quantitative estimate of drug-likeness (QED) is 0.649. The van der Waals surface area contributed by atoms with Crippen LogP contribution >= 0.6 is 0 Å². The molecule has 1 heterocycles. The van der Waals surface area contributed by atoms with E-state index in [0.29, 0.717) is 19.8 Å². The number of nitrogens with zero attached hydrogens (tertiary/aromatic N) is 1. The molecule has 106 valence electrons. The van der Waals surface area contributed by atoms with Crippen molar-refractivity contribution in [2.45, 2.75) is 46.0 Å². The highest BCUT2D eigenvalue weighted by atomic mass is 16.7. The first kappa shape index (κ1) is 15.4. The van der Waals surface area contributed by atoms with E-state index < -0.39 is 0 Å². The first-order valence-corrected chi connectivity index (χ1v) is 6.77. The highest BCUT2D eigenvalue weighted by Crippen LogP contribution is 2.14. The van der Waals surface area contributed by atoms with Crippen molar-refractivity contribution < 1.29 is 19.0 Å². The van der Waals surface area contributed by atoms with Crippen molar-refractivity contribution in [3.63, 3.8) is 0 Å². The van der Waals surface area contributed by atoms with Gasteiger partial charge in [0.2, 0.25) is 5.91 Å². The van der Waals surface area contributed by atoms with Crippen molar-refractivity contribution >= 4 is 5.91 Å². The zero-order valence-electron chi connectivity index (χ0n) is 11.7. The van der Waals surface area contributed by atoms with Gasteiger partial charge in [-0.1, -0.05) is 0 Å². The minimum atomic E-state index is -0.272. The van der Waals surface area contributed by atoms with E-state index in [-0.39, 0.29) is 18.3 Å². The fraction of sp³-hybridized carbons (Fsp3) is 0.923. The molecule has 0 aromatic carbocycles. The van der Waals surface area contributed by atoms with Crippen LogP contribution in [0.25, 0.3) is 0 Å². The lowest BCUT2D eigenvalue weighted by Gasteiger charge is -2.32. The maximum absolute atomic E-state index is 11.2. The lowest BCUT2D eigenvalue weighted by Crippen LogP contribution is -2.40. The Kier molecular flexibility index (Phi) is 7.23. The van der Waals surface area contributed by atoms with Crippen LogP contribution in [0.3, 0.4) is 0 Å². The fourth-order valence-electron chi connectivity index (χ4n) is 2.07. The van der Waals surface area contributed by atoms with Crippen molar-refractivity contribution in [1.29, 1.82) is 0 Å². The summed E-state index contributed by atoms with van der Waals surface area (Å²) in [5, 5.41) is 0. The van der Waals surface area contributed by atoms with E-state index in [0.717, 1.165) is 25.9 Å². The van der Waals surface area contributed by atoms with Gasteiger partial charge in [-0.15, -0.1) is 0 Å². The van der Waals surface area contributed by atoms with E-state index in [9.17, 15) is 4.79 Å². The average Bonchev–Trinajstić information content (AvgIpc) is 2.37. The number of hydrogen-bond acceptors (Lipinski definition) is 4. The lowest BCUT2D eigenvalue weighted by molar-refractivity contribution is -0.179. The molecule has 1 fully saturated rings. The molecular formula is C13H25NO4. The predicted molar refractivity (Wildman–Crippen MR) is 68.3 cm³/mol. The maximum atomic E-state index is 11.2. The number of rotatable bonds is 7. The zero-order valence-corrected chi connectivity index (χ0v) is 11.7. The highest BCUT2D eigenvalue weighted by molar-refractivity contribution is 5.73. The third-order valence-corrected chi connectivity index (χ3v) is 3.06. The second-order valence-electron chi connectivity index (χ2n) is 4.38. The Bertz CT molecular complexity index is 233. The molecule has 1 aliphatic heterocycles. The molecule has 0 saturated carbocycles. The maximum Gasteiger partial charge on any atom is 0.219 e. The van der Waals surface area contributed by atoms with E-state index in [1.54, 1.807) is 6.92 Å². The molecule has 0 atom stereocenters. The molecule has 5 nitrogen and oxygen atoms in total. The van der Waals surface area contributed by atoms with Gasteiger partial charge < -0.3 is 19.1 Å². The molecule has 1 rings (SSSR count). The van der Waals surface area contributed by atoms with E-state index in [1.807, 2.05) is 18.7 Å². The Morgan fingerprint density at radius 1 is 1.22 bits per heavy atom. The topological polar surface area (TPSA) is 48.0 Å². The minimum Gasteiger partial charge on any atom is -0.373 e. The van der Waals surface area contributed by atoms with Gasteiger partial charge in [0, 0.05) is 33.2 Å². The molecule has 0 aromatic heterocycles. The monoisotopic (exact) mass is 259 g/mol. The highest BCUT2D eigenvalue weighted by Gasteiger charge is 2.22. The second-order valence-corrected chi connectivity index (χ2v) is 4.38. The number of carbonyl (C=O) groups is 1. The Labute approximate surface area is 109 Å². The van der Waals surface area contributed by atoms with Crippen LogP contribution in [-0.4, -0.2) is 56.1 Å². The molecule has 5 heteroatoms. The summed E-state index contributed by atoms with van der Waals surface area (Å²) in [7, 11) is 0. The van der Waals surface area contributed by atoms with Gasteiger partial charge in [-0.3, -0.25) is 4.79 Å². The summed E-state index contributed by atoms with van der Waals surface area (Å²) < 4.78 is 16.6. The first-order chi connectivity index (χ1) is 8.67. The number of likely N-dealkylation sites (tertiary alicyclic amines) is 1. The van der Waals surface area contributed by atoms with Gasteiger partial charge in [-0.25, -0.2) is 0 Å². The van der Waals surface area contributed by atoms with Crippen LogP contribution in [-0.2, 0) is 19.0 Å². The van der Waals surface area contributed by atoms with E-state index in [4.69, 9.17) is 14.2 Å². The summed E-state index contributed by atoms with van der Waals surface area (Å²) in [6, 6.07) is 0. The fourth-order valence-corrected chi connectivity index (χ4v) is 2.07. The molecule has 0 aromatic rings. The minimum absolute atomic E-state index is 0.148. The molecule has 1 saturated heterocycles. The molecule has 0 radical (unpaired) electrons. The van der Waals surface area contributed by atoms with Crippen LogP contribution in [0.5, 0.6) is 0 Å². The summed E-state index contributed by atoms with van der Waals surface area (Å²) in [5.41, 5.74) is 0. The van der Waals surface area contributed by atoms with E-state index >= 15 is 0 Å². The van der Waals surface area contributed by atoms with Crippen LogP contribution < -0.4 is 0 Å². The molecule has 0 aliphatic carbocycles. The van der Waals surface area contributed by atoms with Gasteiger partial charge in [-0.2, -0.15) is 0 Å². The summed E-state index contributed by atoms with van der Waals surface area (Å²) in [5.74, 6) is 0.148. The number of carbonyl (C=O) groups excluding carboxylic acids is 1. The van der Waals surface area contributed by atoms with Gasteiger partial charge >= 0.3 is 0 Å². The van der Waals surface area contributed by atoms with Crippen LogP contribution in [0.4, 0.5) is 0 Å². The van der Waals surface area contributed by atoms with E-state index in [1.165, 1.54) is 0 Å². The lowest BCUT2D eigenvalue weighted by atomic mass is 10.1. The third-order valence-electron chi connectivity index (χ3n) is 3.06. The zero-order chi connectivity index (χ0) is 13.4. The Morgan fingerprint density at radius 3 is 2.22 bits per heavy atom. The average molecular weight is 259 g/mol. The van der Waals surface area contributed by atoms with Crippen LogP contribution in [0, 0.1) is 0 Å². The van der Waals surface area contributed by atoms with Crippen LogP contribution in [0.2, 0.25) is 0 Å². The number of amides is 1. The summed E-state index contributed by atoms with van der Waals surface area (Å²) >= 11 is 0. The molecule has 18 heavy (non-hydrogen) atoms. The molecule has 0 bridgehead atoms. The van der Waals surface area contributed by atoms with Gasteiger partial charge in [0.25, 0.3) is 0 Å². The molecule has 1 aliphatic rings. The Hall–Kier alpha value is -0.650. The first-order valence-electron chi connectivity index (χ1n) is 6.77. The predicted octanol–water partition coefficient (Wildman–Crippen LogP) is 1.41. The van der Waals surface area contributed by atoms with E-state index in [2.05, 4.69) is 0 Å². The Balaban J connectivity index is 2.21. The summed E-state index contributed by atoms with van der Waals surface area (Å²) in [4.78, 5) is 13.1. The van der Waals surface area contributed by atoms with Gasteiger partial charge in [-0.05, 0) is 26.7 Å². The Morgan fingerprint density at radius 2 is 1.78 bits per heavy atom. The van der Waals surface area contributed by atoms with Gasteiger partial charge in [0.1, 0.15) is 0 Å². The van der Waals surface area contributed by atoms with Crippen molar-refractivity contribution in [3.05, 3.63) is 0 Å². The van der Waals surface area contributed by atoms with Crippen molar-refractivity contribution in [1.82, 2.24) is 4.90 Å². The molecule has 0 spiro atoms. The molecule has 0 N–H and O–H groups in total. The normalized spacial score (nSPS) is 17.4. The van der Waals surface area contributed by atoms with Crippen molar-refractivity contribution in [2.75, 3.05) is 32.9 Å². The summed E-state index contributed by atoms with van der Waals surface area (Å²) in [6.07, 6.45) is 1.73. The SMILES string of the molecule is CCOC(COC1CCN(C(C)=O)CC1)OCC. The third kappa shape index (κ3) is 5.33. The smallest absolute Gasteiger partial charge is 0.219 e. The summed E-state index contributed by atoms with van der Waals surface area (Å²) in [6.45, 7) is 8.78. The molecule has 1 amide bonds. The molecule has 0 unspecified atom stereocenters. The standard InChI is InChI=1S/C13H25NO4/c1-4-16-13(17-5-2)10-18-12-6-8-14(9-7-12)11(3)15/h12-13H,4-10H2,1-3H3. The largest absolute Gasteiger partial charge is 0.373 e. The number of hydrogen-bond donors (Lipinski definition) is 0.